The molecule has 1 N–H and O–H groups in total. The predicted octanol–water partition coefficient (Wildman–Crippen LogP) is 3.91. The van der Waals surface area contributed by atoms with Crippen molar-refractivity contribution in [2.24, 2.45) is 11.3 Å². The van der Waals surface area contributed by atoms with Crippen molar-refractivity contribution < 1.29 is 0 Å². The third-order valence-corrected chi connectivity index (χ3v) is 4.10. The molecule has 0 spiro atoms. The van der Waals surface area contributed by atoms with E-state index >= 15 is 0 Å². The Morgan fingerprint density at radius 1 is 1.21 bits per heavy atom. The lowest BCUT2D eigenvalue weighted by molar-refractivity contribution is 0.115. The first-order valence-corrected chi connectivity index (χ1v) is 8.39. The highest BCUT2D eigenvalue weighted by atomic mass is 15.2. The van der Waals surface area contributed by atoms with E-state index in [1.165, 1.54) is 45.2 Å². The highest BCUT2D eigenvalue weighted by Gasteiger charge is 2.28. The third kappa shape index (κ3) is 6.76. The lowest BCUT2D eigenvalue weighted by Gasteiger charge is -2.37. The van der Waals surface area contributed by atoms with E-state index in [1.807, 2.05) is 0 Å². The Balaban J connectivity index is 2.49. The topological polar surface area (TPSA) is 15.3 Å². The van der Waals surface area contributed by atoms with Crippen molar-refractivity contribution >= 4 is 0 Å². The standard InChI is InChI=1S/C17H36N2/c1-6-11-18-13-17(4,5)14-19(12-15(2)3)16-9-7-8-10-16/h15-16,18H,6-14H2,1-5H3. The molecule has 0 aromatic heterocycles. The average molecular weight is 268 g/mol. The lowest BCUT2D eigenvalue weighted by Crippen LogP contribution is -2.45. The van der Waals surface area contributed by atoms with Crippen LogP contribution in [0.3, 0.4) is 0 Å². The first-order valence-electron chi connectivity index (χ1n) is 8.39. The zero-order valence-corrected chi connectivity index (χ0v) is 14.0. The minimum Gasteiger partial charge on any atom is -0.316 e. The van der Waals surface area contributed by atoms with Gasteiger partial charge in [0.25, 0.3) is 0 Å². The minimum atomic E-state index is 0.382. The second-order valence-electron chi connectivity index (χ2n) is 7.60. The molecule has 0 heterocycles. The molecule has 2 nitrogen and oxygen atoms in total. The summed E-state index contributed by atoms with van der Waals surface area (Å²) in [6.45, 7) is 16.6. The van der Waals surface area contributed by atoms with Crippen LogP contribution >= 0.6 is 0 Å². The summed E-state index contributed by atoms with van der Waals surface area (Å²) in [5, 5.41) is 3.60. The summed E-state index contributed by atoms with van der Waals surface area (Å²) in [6.07, 6.45) is 6.95. The smallest absolute Gasteiger partial charge is 0.00956 e. The van der Waals surface area contributed by atoms with Gasteiger partial charge in [0, 0.05) is 25.7 Å². The fraction of sp³-hybridized carbons (Fsp3) is 1.00. The van der Waals surface area contributed by atoms with Gasteiger partial charge in [0.15, 0.2) is 0 Å². The second kappa shape index (κ2) is 8.26. The summed E-state index contributed by atoms with van der Waals surface area (Å²) < 4.78 is 0. The summed E-state index contributed by atoms with van der Waals surface area (Å²) in [7, 11) is 0. The molecule has 0 aromatic carbocycles. The first-order chi connectivity index (χ1) is 8.94. The van der Waals surface area contributed by atoms with Crippen LogP contribution in [0.15, 0.2) is 0 Å². The molecule has 0 radical (unpaired) electrons. The summed E-state index contributed by atoms with van der Waals surface area (Å²) in [6, 6.07) is 0.854. The largest absolute Gasteiger partial charge is 0.316 e. The van der Waals surface area contributed by atoms with Crippen LogP contribution in [0, 0.1) is 11.3 Å². The van der Waals surface area contributed by atoms with E-state index in [2.05, 4.69) is 44.8 Å². The second-order valence-corrected chi connectivity index (χ2v) is 7.60. The van der Waals surface area contributed by atoms with Gasteiger partial charge in [0.2, 0.25) is 0 Å². The maximum atomic E-state index is 3.60. The molecule has 19 heavy (non-hydrogen) atoms. The third-order valence-electron chi connectivity index (χ3n) is 4.10. The summed E-state index contributed by atoms with van der Waals surface area (Å²) in [4.78, 5) is 2.78. The molecule has 0 amide bonds. The molecule has 2 heteroatoms. The van der Waals surface area contributed by atoms with E-state index in [0.717, 1.165) is 25.0 Å². The van der Waals surface area contributed by atoms with Gasteiger partial charge >= 0.3 is 0 Å². The number of hydrogen-bond acceptors (Lipinski definition) is 2. The Labute approximate surface area is 121 Å². The summed E-state index contributed by atoms with van der Waals surface area (Å²) >= 11 is 0. The molecule has 0 atom stereocenters. The van der Waals surface area contributed by atoms with Crippen LogP contribution in [-0.4, -0.2) is 37.1 Å². The van der Waals surface area contributed by atoms with Gasteiger partial charge < -0.3 is 5.32 Å². The SMILES string of the molecule is CCCNCC(C)(C)CN(CC(C)C)C1CCCC1. The molecular weight excluding hydrogens is 232 g/mol. The van der Waals surface area contributed by atoms with E-state index in [-0.39, 0.29) is 0 Å². The number of nitrogens with one attached hydrogen (secondary N) is 1. The van der Waals surface area contributed by atoms with Crippen LogP contribution in [0.1, 0.15) is 66.7 Å². The fourth-order valence-electron chi connectivity index (χ4n) is 3.29. The predicted molar refractivity (Wildman–Crippen MR) is 85.6 cm³/mol. The van der Waals surface area contributed by atoms with Gasteiger partial charge in [0.1, 0.15) is 0 Å². The Morgan fingerprint density at radius 3 is 2.37 bits per heavy atom. The molecule has 0 aromatic rings. The molecule has 1 aliphatic carbocycles. The molecule has 1 aliphatic rings. The van der Waals surface area contributed by atoms with Crippen molar-refractivity contribution in [3.63, 3.8) is 0 Å². The number of hydrogen-bond donors (Lipinski definition) is 1. The first kappa shape index (κ1) is 17.0. The van der Waals surface area contributed by atoms with E-state index in [0.29, 0.717) is 5.41 Å². The lowest BCUT2D eigenvalue weighted by atomic mass is 9.91. The van der Waals surface area contributed by atoms with Gasteiger partial charge in [-0.3, -0.25) is 4.90 Å². The Morgan fingerprint density at radius 2 is 1.84 bits per heavy atom. The van der Waals surface area contributed by atoms with Crippen LogP contribution in [0.5, 0.6) is 0 Å². The van der Waals surface area contributed by atoms with Gasteiger partial charge in [-0.05, 0) is 37.1 Å². The molecule has 0 saturated heterocycles. The quantitative estimate of drug-likeness (QED) is 0.638. The van der Waals surface area contributed by atoms with Crippen molar-refractivity contribution in [1.82, 2.24) is 10.2 Å². The number of nitrogens with zero attached hydrogens (tertiary/aromatic N) is 1. The zero-order chi connectivity index (χ0) is 14.3. The monoisotopic (exact) mass is 268 g/mol. The molecule has 0 bridgehead atoms. The van der Waals surface area contributed by atoms with Crippen LogP contribution in [0.2, 0.25) is 0 Å². The Bertz CT molecular complexity index is 229. The van der Waals surface area contributed by atoms with Gasteiger partial charge in [-0.15, -0.1) is 0 Å². The summed E-state index contributed by atoms with van der Waals surface area (Å²) in [5.74, 6) is 0.778. The van der Waals surface area contributed by atoms with Gasteiger partial charge in [-0.25, -0.2) is 0 Å². The van der Waals surface area contributed by atoms with Crippen LogP contribution in [0.25, 0.3) is 0 Å². The van der Waals surface area contributed by atoms with Crippen molar-refractivity contribution in [2.45, 2.75) is 72.8 Å². The Kier molecular flexibility index (Phi) is 7.38. The molecule has 1 rings (SSSR count). The van der Waals surface area contributed by atoms with Crippen molar-refractivity contribution in [3.05, 3.63) is 0 Å². The van der Waals surface area contributed by atoms with Gasteiger partial charge in [-0.2, -0.15) is 0 Å². The number of rotatable bonds is 9. The molecule has 114 valence electrons. The molecule has 0 aliphatic heterocycles. The van der Waals surface area contributed by atoms with E-state index < -0.39 is 0 Å². The van der Waals surface area contributed by atoms with Crippen molar-refractivity contribution in [1.29, 1.82) is 0 Å². The normalized spacial score (nSPS) is 17.8. The Hall–Kier alpha value is -0.0800. The van der Waals surface area contributed by atoms with E-state index in [9.17, 15) is 0 Å². The fourth-order valence-corrected chi connectivity index (χ4v) is 3.29. The van der Waals surface area contributed by atoms with Crippen LogP contribution in [-0.2, 0) is 0 Å². The van der Waals surface area contributed by atoms with E-state index in [1.54, 1.807) is 0 Å². The molecule has 1 saturated carbocycles. The minimum absolute atomic E-state index is 0.382. The highest BCUT2D eigenvalue weighted by Crippen LogP contribution is 2.27. The van der Waals surface area contributed by atoms with Crippen molar-refractivity contribution in [2.75, 3.05) is 26.2 Å². The summed E-state index contributed by atoms with van der Waals surface area (Å²) in [5.41, 5.74) is 0.382. The van der Waals surface area contributed by atoms with Gasteiger partial charge in [0.05, 0.1) is 0 Å². The van der Waals surface area contributed by atoms with Crippen LogP contribution in [0.4, 0.5) is 0 Å². The molecular formula is C17H36N2. The molecule has 0 unspecified atom stereocenters. The zero-order valence-electron chi connectivity index (χ0n) is 14.0. The van der Waals surface area contributed by atoms with Gasteiger partial charge in [-0.1, -0.05) is 47.5 Å². The van der Waals surface area contributed by atoms with E-state index in [4.69, 9.17) is 0 Å². The van der Waals surface area contributed by atoms with Crippen LogP contribution < -0.4 is 5.32 Å². The average Bonchev–Trinajstić information content (AvgIpc) is 2.80. The molecule has 1 fully saturated rings. The van der Waals surface area contributed by atoms with Crippen molar-refractivity contribution in [3.8, 4) is 0 Å². The maximum Gasteiger partial charge on any atom is 0.00956 e. The highest BCUT2D eigenvalue weighted by molar-refractivity contribution is 4.84. The maximum absolute atomic E-state index is 3.60.